The molecule has 0 aliphatic heterocycles. The number of benzene rings is 2. The number of hydrogen-bond donors (Lipinski definition) is 2. The maximum absolute atomic E-state index is 12.5. The zero-order chi connectivity index (χ0) is 16.5. The van der Waals surface area contributed by atoms with Crippen molar-refractivity contribution in [1.82, 2.24) is 14.9 Å². The summed E-state index contributed by atoms with van der Waals surface area (Å²) in [6.45, 7) is 0. The number of halogens is 2. The summed E-state index contributed by atoms with van der Waals surface area (Å²) in [6, 6.07) is 15.3. The second-order valence-electron chi connectivity index (χ2n) is 6.03. The first kappa shape index (κ1) is 20.0. The van der Waals surface area contributed by atoms with Gasteiger partial charge in [0.2, 0.25) is 0 Å². The van der Waals surface area contributed by atoms with Crippen LogP contribution in [0.2, 0.25) is 0 Å². The van der Waals surface area contributed by atoms with Gasteiger partial charge >= 0.3 is 0 Å². The van der Waals surface area contributed by atoms with E-state index in [9.17, 15) is 4.79 Å². The van der Waals surface area contributed by atoms with Gasteiger partial charge in [-0.2, -0.15) is 0 Å². The highest BCUT2D eigenvalue weighted by Crippen LogP contribution is 2.29. The molecule has 1 heterocycles. The van der Waals surface area contributed by atoms with Crippen molar-refractivity contribution in [3.8, 4) is 5.69 Å². The zero-order valence-corrected chi connectivity index (χ0v) is 15.5. The van der Waals surface area contributed by atoms with Crippen molar-refractivity contribution in [2.24, 2.45) is 5.73 Å². The summed E-state index contributed by atoms with van der Waals surface area (Å²) in [5.74, 6) is -0.0968. The third-order valence-electron chi connectivity index (χ3n) is 4.54. The molecule has 0 spiro atoms. The maximum atomic E-state index is 12.5. The smallest absolute Gasteiger partial charge is 0.251 e. The highest BCUT2D eigenvalue weighted by atomic mass is 35.5. The van der Waals surface area contributed by atoms with E-state index in [0.717, 1.165) is 17.7 Å². The molecule has 0 fully saturated rings. The van der Waals surface area contributed by atoms with Crippen LogP contribution in [0.15, 0.2) is 67.3 Å². The summed E-state index contributed by atoms with van der Waals surface area (Å²) in [7, 11) is 0. The van der Waals surface area contributed by atoms with Gasteiger partial charge in [0, 0.05) is 23.6 Å². The van der Waals surface area contributed by atoms with Gasteiger partial charge in [-0.15, -0.1) is 24.8 Å². The normalized spacial score (nSPS) is 17.6. The molecule has 1 amide bonds. The Kier molecular flexibility index (Phi) is 6.42. The minimum Gasteiger partial charge on any atom is -0.347 e. The molecule has 136 valence electrons. The van der Waals surface area contributed by atoms with Crippen LogP contribution in [-0.2, 0) is 6.42 Å². The molecule has 3 N–H and O–H groups in total. The van der Waals surface area contributed by atoms with Crippen molar-refractivity contribution in [3.63, 3.8) is 0 Å². The highest BCUT2D eigenvalue weighted by Gasteiger charge is 2.30. The molecule has 26 heavy (non-hydrogen) atoms. The van der Waals surface area contributed by atoms with Gasteiger partial charge < -0.3 is 15.6 Å². The minimum absolute atomic E-state index is 0. The molecular weight excluding hydrogens is 371 g/mol. The second kappa shape index (κ2) is 8.36. The van der Waals surface area contributed by atoms with Crippen LogP contribution in [0.3, 0.4) is 0 Å². The molecule has 0 bridgehead atoms. The molecule has 7 heteroatoms. The van der Waals surface area contributed by atoms with Crippen molar-refractivity contribution in [3.05, 3.63) is 83.9 Å². The number of carbonyl (C=O) groups excluding carboxylic acids is 1. The van der Waals surface area contributed by atoms with Crippen LogP contribution in [-0.4, -0.2) is 21.5 Å². The number of imidazole rings is 1. The van der Waals surface area contributed by atoms with Crippen LogP contribution in [0, 0.1) is 0 Å². The molecule has 1 aromatic heterocycles. The van der Waals surface area contributed by atoms with Gasteiger partial charge in [-0.3, -0.25) is 4.79 Å². The van der Waals surface area contributed by atoms with E-state index >= 15 is 0 Å². The number of carbonyl (C=O) groups is 1. The predicted molar refractivity (Wildman–Crippen MR) is 106 cm³/mol. The summed E-state index contributed by atoms with van der Waals surface area (Å²) in [5, 5.41) is 3.06. The van der Waals surface area contributed by atoms with Crippen LogP contribution in [0.4, 0.5) is 0 Å². The van der Waals surface area contributed by atoms with Gasteiger partial charge in [0.05, 0.1) is 18.4 Å². The summed E-state index contributed by atoms with van der Waals surface area (Å²) >= 11 is 0. The lowest BCUT2D eigenvalue weighted by molar-refractivity contribution is 0.0933. The lowest BCUT2D eigenvalue weighted by atomic mass is 10.1. The van der Waals surface area contributed by atoms with Gasteiger partial charge in [0.1, 0.15) is 0 Å². The first-order valence-corrected chi connectivity index (χ1v) is 7.95. The molecule has 2 aromatic carbocycles. The predicted octanol–water partition coefficient (Wildman–Crippen LogP) is 3.07. The molecule has 1 aliphatic carbocycles. The van der Waals surface area contributed by atoms with Crippen molar-refractivity contribution >= 4 is 30.7 Å². The van der Waals surface area contributed by atoms with Gasteiger partial charge in [-0.05, 0) is 41.8 Å². The van der Waals surface area contributed by atoms with E-state index in [1.54, 1.807) is 12.5 Å². The van der Waals surface area contributed by atoms with E-state index in [2.05, 4.69) is 16.4 Å². The van der Waals surface area contributed by atoms with Crippen molar-refractivity contribution in [2.45, 2.75) is 18.5 Å². The van der Waals surface area contributed by atoms with Crippen LogP contribution >= 0.6 is 24.8 Å². The Balaban J connectivity index is 0.00000121. The number of fused-ring (bicyclic) bond motifs is 1. The molecule has 2 atom stereocenters. The molecule has 0 saturated carbocycles. The standard InChI is InChI=1S/C19H18N4O.2ClH/c20-18-16-4-2-1-3-14(16)11-17(18)22-19(24)13-5-7-15(8-6-13)23-10-9-21-12-23;;/h1-10,12,17-18H,11,20H2,(H,22,24);2*1H/t17-,18-;;/m0../s1. The van der Waals surface area contributed by atoms with Gasteiger partial charge in [0.25, 0.3) is 5.91 Å². The summed E-state index contributed by atoms with van der Waals surface area (Å²) in [5.41, 5.74) is 10.2. The Bertz CT molecular complexity index is 866. The number of hydrogen-bond acceptors (Lipinski definition) is 3. The van der Waals surface area contributed by atoms with E-state index in [1.165, 1.54) is 5.56 Å². The fourth-order valence-electron chi connectivity index (χ4n) is 3.22. The number of rotatable bonds is 3. The summed E-state index contributed by atoms with van der Waals surface area (Å²) < 4.78 is 1.89. The van der Waals surface area contributed by atoms with Crippen molar-refractivity contribution < 1.29 is 4.79 Å². The van der Waals surface area contributed by atoms with E-state index < -0.39 is 0 Å². The largest absolute Gasteiger partial charge is 0.347 e. The average molecular weight is 391 g/mol. The van der Waals surface area contributed by atoms with Crippen LogP contribution < -0.4 is 11.1 Å². The van der Waals surface area contributed by atoms with Crippen LogP contribution in [0.1, 0.15) is 27.5 Å². The monoisotopic (exact) mass is 390 g/mol. The molecule has 0 unspecified atom stereocenters. The summed E-state index contributed by atoms with van der Waals surface area (Å²) in [6.07, 6.45) is 6.09. The number of amides is 1. The summed E-state index contributed by atoms with van der Waals surface area (Å²) in [4.78, 5) is 16.5. The van der Waals surface area contributed by atoms with E-state index in [4.69, 9.17) is 5.73 Å². The van der Waals surface area contributed by atoms with Crippen molar-refractivity contribution in [2.75, 3.05) is 0 Å². The first-order chi connectivity index (χ1) is 11.7. The SMILES string of the molecule is Cl.Cl.N[C@H]1c2ccccc2C[C@@H]1NC(=O)c1ccc(-n2ccnc2)cc1. The minimum atomic E-state index is -0.157. The Morgan fingerprint density at radius 1 is 1.12 bits per heavy atom. The Morgan fingerprint density at radius 2 is 1.85 bits per heavy atom. The third-order valence-corrected chi connectivity index (χ3v) is 4.54. The fourth-order valence-corrected chi connectivity index (χ4v) is 3.22. The molecule has 0 saturated heterocycles. The van der Waals surface area contributed by atoms with Gasteiger partial charge in [0.15, 0.2) is 0 Å². The maximum Gasteiger partial charge on any atom is 0.251 e. The lowest BCUT2D eigenvalue weighted by Gasteiger charge is -2.18. The molecule has 5 nitrogen and oxygen atoms in total. The van der Waals surface area contributed by atoms with Crippen LogP contribution in [0.5, 0.6) is 0 Å². The molecule has 3 aromatic rings. The number of aromatic nitrogens is 2. The number of nitrogens with two attached hydrogens (primary N) is 1. The van der Waals surface area contributed by atoms with Crippen molar-refractivity contribution in [1.29, 1.82) is 0 Å². The van der Waals surface area contributed by atoms with Gasteiger partial charge in [-0.1, -0.05) is 24.3 Å². The van der Waals surface area contributed by atoms with Gasteiger partial charge in [-0.25, -0.2) is 4.98 Å². The Hall–Kier alpha value is -2.34. The molecule has 0 radical (unpaired) electrons. The quantitative estimate of drug-likeness (QED) is 0.721. The third kappa shape index (κ3) is 3.75. The number of nitrogens with one attached hydrogen (secondary N) is 1. The lowest BCUT2D eigenvalue weighted by Crippen LogP contribution is -2.40. The van der Waals surface area contributed by atoms with E-state index in [-0.39, 0.29) is 42.8 Å². The van der Waals surface area contributed by atoms with E-state index in [0.29, 0.717) is 5.56 Å². The molecule has 1 aliphatic rings. The first-order valence-electron chi connectivity index (χ1n) is 7.95. The second-order valence-corrected chi connectivity index (χ2v) is 6.03. The molecule has 4 rings (SSSR count). The van der Waals surface area contributed by atoms with E-state index in [1.807, 2.05) is 53.2 Å². The van der Waals surface area contributed by atoms with Crippen LogP contribution in [0.25, 0.3) is 5.69 Å². The topological polar surface area (TPSA) is 72.9 Å². The average Bonchev–Trinajstić information content (AvgIpc) is 3.25. The fraction of sp³-hybridized carbons (Fsp3) is 0.158. The zero-order valence-electron chi connectivity index (χ0n) is 13.9. The number of nitrogens with zero attached hydrogens (tertiary/aromatic N) is 2. The Morgan fingerprint density at radius 3 is 2.50 bits per heavy atom. The Labute approximate surface area is 164 Å². The highest BCUT2D eigenvalue weighted by molar-refractivity contribution is 5.94. The molecular formula is C19H20Cl2N4O.